The Bertz CT molecular complexity index is 1180. The normalized spacial score (nSPS) is 25.2. The van der Waals surface area contributed by atoms with E-state index in [0.717, 1.165) is 38.5 Å². The number of fused-ring (bicyclic) bond motifs is 1. The van der Waals surface area contributed by atoms with E-state index in [1.165, 1.54) is 18.2 Å². The molecule has 5 rings (SSSR count). The van der Waals surface area contributed by atoms with Crippen LogP contribution in [-0.4, -0.2) is 47.5 Å². The fraction of sp³-hybridized carbons (Fsp3) is 0.560. The predicted molar refractivity (Wildman–Crippen MR) is 130 cm³/mol. The van der Waals surface area contributed by atoms with Crippen LogP contribution >= 0.6 is 0 Å². The van der Waals surface area contributed by atoms with Crippen LogP contribution in [0.1, 0.15) is 64.8 Å². The van der Waals surface area contributed by atoms with E-state index in [4.69, 9.17) is 4.98 Å². The molecule has 0 aliphatic heterocycles. The second kappa shape index (κ2) is 9.31. The maximum Gasteiger partial charge on any atom is 0.224 e. The summed E-state index contributed by atoms with van der Waals surface area (Å²) in [4.78, 5) is 13.8. The topological polar surface area (TPSA) is 108 Å². The van der Waals surface area contributed by atoms with Gasteiger partial charge in [0.2, 0.25) is 11.9 Å². The predicted octanol–water partition coefficient (Wildman–Crippen LogP) is 4.68. The first-order valence-corrected chi connectivity index (χ1v) is 12.3. The Morgan fingerprint density at radius 2 is 1.74 bits per heavy atom. The van der Waals surface area contributed by atoms with Crippen molar-refractivity contribution in [2.75, 3.05) is 10.6 Å². The molecule has 2 aliphatic rings. The number of para-hydroxylation sites is 1. The fourth-order valence-corrected chi connectivity index (χ4v) is 5.36. The second-order valence-corrected chi connectivity index (χ2v) is 10.4. The Morgan fingerprint density at radius 1 is 1.03 bits per heavy atom. The van der Waals surface area contributed by atoms with E-state index in [9.17, 15) is 19.0 Å². The molecule has 35 heavy (non-hydrogen) atoms. The average molecular weight is 487 g/mol. The molecule has 2 heterocycles. The summed E-state index contributed by atoms with van der Waals surface area (Å²) in [7, 11) is 0. The molecule has 1 unspecified atom stereocenters. The number of hydrogen-bond donors (Lipinski definition) is 4. The molecule has 2 atom stereocenters. The number of halogens is 2. The van der Waals surface area contributed by atoms with Crippen LogP contribution in [0.4, 0.5) is 26.4 Å². The van der Waals surface area contributed by atoms with Gasteiger partial charge in [0.15, 0.2) is 5.65 Å². The molecule has 188 valence electrons. The number of aliphatic hydroxyl groups excluding tert-OH is 1. The number of aliphatic hydroxyl groups is 2. The number of anilines is 3. The number of benzene rings is 1. The third-order valence-electron chi connectivity index (χ3n) is 7.43. The highest BCUT2D eigenvalue weighted by Gasteiger charge is 2.37. The zero-order valence-electron chi connectivity index (χ0n) is 20.0. The first-order chi connectivity index (χ1) is 16.7. The number of rotatable bonds is 6. The van der Waals surface area contributed by atoms with Gasteiger partial charge in [-0.15, -0.1) is 0 Å². The van der Waals surface area contributed by atoms with Crippen molar-refractivity contribution in [3.8, 4) is 0 Å². The molecule has 10 heteroatoms. The Hall–Kier alpha value is -2.85. The fourth-order valence-electron chi connectivity index (χ4n) is 5.36. The molecule has 4 N–H and O–H groups in total. The third kappa shape index (κ3) is 4.95. The second-order valence-electron chi connectivity index (χ2n) is 10.4. The van der Waals surface area contributed by atoms with Gasteiger partial charge in [-0.25, -0.2) is 18.7 Å². The van der Waals surface area contributed by atoms with E-state index in [1.54, 1.807) is 6.20 Å². The summed E-state index contributed by atoms with van der Waals surface area (Å²) in [5.74, 6) is -0.593. The van der Waals surface area contributed by atoms with Crippen LogP contribution in [0.2, 0.25) is 0 Å². The lowest BCUT2D eigenvalue weighted by atomic mass is 9.89. The summed E-state index contributed by atoms with van der Waals surface area (Å²) >= 11 is 0. The van der Waals surface area contributed by atoms with Gasteiger partial charge in [0, 0.05) is 12.1 Å². The Morgan fingerprint density at radius 3 is 2.40 bits per heavy atom. The van der Waals surface area contributed by atoms with Gasteiger partial charge in [-0.05, 0) is 76.8 Å². The Labute approximate surface area is 202 Å². The zero-order valence-corrected chi connectivity index (χ0v) is 20.0. The molecule has 8 nitrogen and oxygen atoms in total. The van der Waals surface area contributed by atoms with Crippen LogP contribution in [0.3, 0.4) is 0 Å². The van der Waals surface area contributed by atoms with E-state index in [0.29, 0.717) is 23.5 Å². The summed E-state index contributed by atoms with van der Waals surface area (Å²) in [5, 5.41) is 26.6. The van der Waals surface area contributed by atoms with Gasteiger partial charge in [-0.2, -0.15) is 4.98 Å². The molecule has 0 saturated heterocycles. The molecule has 0 radical (unpaired) electrons. The molecule has 3 aromatic rings. The van der Waals surface area contributed by atoms with Gasteiger partial charge < -0.3 is 20.8 Å². The van der Waals surface area contributed by atoms with E-state index in [-0.39, 0.29) is 35.7 Å². The molecule has 0 amide bonds. The maximum absolute atomic E-state index is 14.4. The highest BCUT2D eigenvalue weighted by Crippen LogP contribution is 2.43. The third-order valence-corrected chi connectivity index (χ3v) is 7.43. The SMILES string of the molecule is CC(C)(O)[C@H]1CCC(n2c(Nc3c(F)cccc3F)nc3cnc(N[C@H]4CC[C@H](O)CC4)nc32)C1. The number of nitrogens with one attached hydrogen (secondary N) is 2. The van der Waals surface area contributed by atoms with Crippen molar-refractivity contribution >= 4 is 28.7 Å². The highest BCUT2D eigenvalue weighted by molar-refractivity contribution is 5.76. The largest absolute Gasteiger partial charge is 0.393 e. The first-order valence-electron chi connectivity index (χ1n) is 12.3. The van der Waals surface area contributed by atoms with Crippen LogP contribution in [0.15, 0.2) is 24.4 Å². The summed E-state index contributed by atoms with van der Waals surface area (Å²) in [5.41, 5.74) is -0.0170. The smallest absolute Gasteiger partial charge is 0.224 e. The number of nitrogens with zero attached hydrogens (tertiary/aromatic N) is 4. The van der Waals surface area contributed by atoms with E-state index in [2.05, 4.69) is 20.6 Å². The molecule has 0 bridgehead atoms. The minimum absolute atomic E-state index is 0.0543. The Balaban J connectivity index is 1.52. The molecule has 2 saturated carbocycles. The molecule has 2 aromatic heterocycles. The molecular formula is C25H32F2N6O2. The lowest BCUT2D eigenvalue weighted by Crippen LogP contribution is -2.29. The number of hydrogen-bond acceptors (Lipinski definition) is 7. The summed E-state index contributed by atoms with van der Waals surface area (Å²) in [6.45, 7) is 3.62. The monoisotopic (exact) mass is 486 g/mol. The summed E-state index contributed by atoms with van der Waals surface area (Å²) < 4.78 is 30.8. The molecule has 0 spiro atoms. The minimum Gasteiger partial charge on any atom is -0.393 e. The quantitative estimate of drug-likeness (QED) is 0.401. The molecular weight excluding hydrogens is 454 g/mol. The van der Waals surface area contributed by atoms with Crippen LogP contribution < -0.4 is 10.6 Å². The average Bonchev–Trinajstić information content (AvgIpc) is 3.42. The highest BCUT2D eigenvalue weighted by atomic mass is 19.1. The first kappa shape index (κ1) is 23.9. The van der Waals surface area contributed by atoms with E-state index >= 15 is 0 Å². The standard InChI is InChI=1S/C25H32F2N6O2/c1-25(2,35)14-6-9-16(12-14)33-22-20(30-24(33)31-21-18(26)4-3-5-19(21)27)13-28-23(32-22)29-15-7-10-17(34)11-8-15/h3-5,13-17,34-35H,6-12H2,1-2H3,(H,30,31)(H,28,29,32)/t14-,15-,16?,17-/m0/s1. The number of imidazole rings is 1. The van der Waals surface area contributed by atoms with Crippen molar-refractivity contribution in [3.63, 3.8) is 0 Å². The van der Waals surface area contributed by atoms with Crippen molar-refractivity contribution in [1.29, 1.82) is 0 Å². The van der Waals surface area contributed by atoms with Crippen molar-refractivity contribution in [2.45, 2.75) is 82.6 Å². The van der Waals surface area contributed by atoms with Crippen LogP contribution in [0.5, 0.6) is 0 Å². The molecule has 1 aromatic carbocycles. The summed E-state index contributed by atoms with van der Waals surface area (Å²) in [6.07, 6.45) is 6.79. The van der Waals surface area contributed by atoms with Crippen molar-refractivity contribution in [1.82, 2.24) is 19.5 Å². The number of aromatic nitrogens is 4. The van der Waals surface area contributed by atoms with Crippen molar-refractivity contribution in [2.24, 2.45) is 5.92 Å². The van der Waals surface area contributed by atoms with Crippen LogP contribution in [0, 0.1) is 17.6 Å². The zero-order chi connectivity index (χ0) is 24.7. The lowest BCUT2D eigenvalue weighted by molar-refractivity contribution is 0.0186. The van der Waals surface area contributed by atoms with Gasteiger partial charge in [-0.1, -0.05) is 6.07 Å². The van der Waals surface area contributed by atoms with E-state index < -0.39 is 17.2 Å². The lowest BCUT2D eigenvalue weighted by Gasteiger charge is -2.26. The Kier molecular flexibility index (Phi) is 6.35. The minimum atomic E-state index is -0.830. The van der Waals surface area contributed by atoms with Gasteiger partial charge in [0.25, 0.3) is 0 Å². The van der Waals surface area contributed by atoms with Crippen LogP contribution in [-0.2, 0) is 0 Å². The van der Waals surface area contributed by atoms with E-state index in [1.807, 2.05) is 18.4 Å². The van der Waals surface area contributed by atoms with Crippen LogP contribution in [0.25, 0.3) is 11.2 Å². The van der Waals surface area contributed by atoms with Gasteiger partial charge in [0.1, 0.15) is 22.8 Å². The van der Waals surface area contributed by atoms with Crippen molar-refractivity contribution < 1.29 is 19.0 Å². The van der Waals surface area contributed by atoms with Gasteiger partial charge >= 0.3 is 0 Å². The maximum atomic E-state index is 14.4. The van der Waals surface area contributed by atoms with Gasteiger partial charge in [0.05, 0.1) is 17.9 Å². The summed E-state index contributed by atoms with van der Waals surface area (Å²) in [6, 6.07) is 3.82. The molecule has 2 aliphatic carbocycles. The molecule has 2 fully saturated rings. The van der Waals surface area contributed by atoms with Gasteiger partial charge in [-0.3, -0.25) is 4.57 Å². The van der Waals surface area contributed by atoms with Crippen molar-refractivity contribution in [3.05, 3.63) is 36.0 Å².